The lowest BCUT2D eigenvalue weighted by Gasteiger charge is -2.38. The van der Waals surface area contributed by atoms with Crippen LogP contribution in [0, 0.1) is 10.8 Å². The first-order valence-corrected chi connectivity index (χ1v) is 25.8. The summed E-state index contributed by atoms with van der Waals surface area (Å²) in [6.07, 6.45) is 1.86. The van der Waals surface area contributed by atoms with Gasteiger partial charge in [0.2, 0.25) is 35.4 Å². The maximum absolute atomic E-state index is 14.4. The molecule has 0 radical (unpaired) electrons. The third kappa shape index (κ3) is 16.8. The molecule has 400 valence electrons. The maximum Gasteiger partial charge on any atom is 0.264 e. The second kappa shape index (κ2) is 27.0. The minimum absolute atomic E-state index is 0.186. The molecular formula is C54H86N10O8. The van der Waals surface area contributed by atoms with Gasteiger partial charge in [-0.05, 0) is 102 Å². The number of hydrogen-bond donors (Lipinski definition) is 7. The van der Waals surface area contributed by atoms with E-state index in [1.165, 1.54) is 0 Å². The summed E-state index contributed by atoms with van der Waals surface area (Å²) in [5, 5.41) is 28.5. The average molecular weight is 1000 g/mol. The van der Waals surface area contributed by atoms with Gasteiger partial charge in [-0.3, -0.25) is 38.9 Å². The van der Waals surface area contributed by atoms with E-state index in [4.69, 9.17) is 0 Å². The van der Waals surface area contributed by atoms with Crippen LogP contribution in [-0.4, -0.2) is 174 Å². The van der Waals surface area contributed by atoms with Gasteiger partial charge in [0.25, 0.3) is 5.91 Å². The Morgan fingerprint density at radius 3 is 1.31 bits per heavy atom. The van der Waals surface area contributed by atoms with Crippen LogP contribution < -0.4 is 31.9 Å². The van der Waals surface area contributed by atoms with Crippen LogP contribution in [0.2, 0.25) is 0 Å². The summed E-state index contributed by atoms with van der Waals surface area (Å²) >= 11 is 0. The van der Waals surface area contributed by atoms with Crippen LogP contribution in [0.5, 0.6) is 0 Å². The maximum atomic E-state index is 14.4. The highest BCUT2D eigenvalue weighted by atomic mass is 16.3. The monoisotopic (exact) mass is 1000 g/mol. The molecule has 2 aromatic rings. The van der Waals surface area contributed by atoms with Crippen molar-refractivity contribution in [2.24, 2.45) is 10.8 Å². The lowest BCUT2D eigenvalue weighted by Crippen LogP contribution is -2.60. The van der Waals surface area contributed by atoms with Gasteiger partial charge in [-0.15, -0.1) is 0 Å². The van der Waals surface area contributed by atoms with Crippen molar-refractivity contribution in [3.05, 3.63) is 71.8 Å². The van der Waals surface area contributed by atoms with Crippen LogP contribution in [-0.2, 0) is 46.4 Å². The van der Waals surface area contributed by atoms with Gasteiger partial charge < -0.3 is 51.3 Å². The molecule has 0 bridgehead atoms. The lowest BCUT2D eigenvalue weighted by atomic mass is 9.85. The number of nitrogens with zero attached hydrogens (tertiary/aromatic N) is 4. The quantitative estimate of drug-likeness (QED) is 0.0756. The van der Waals surface area contributed by atoms with Crippen molar-refractivity contribution in [3.8, 4) is 0 Å². The molecule has 0 aliphatic carbocycles. The van der Waals surface area contributed by atoms with Crippen molar-refractivity contribution in [2.45, 2.75) is 162 Å². The highest BCUT2D eigenvalue weighted by molar-refractivity contribution is 5.92. The van der Waals surface area contributed by atoms with Crippen LogP contribution in [0.15, 0.2) is 60.7 Å². The van der Waals surface area contributed by atoms with Gasteiger partial charge in [-0.25, -0.2) is 0 Å². The van der Waals surface area contributed by atoms with Crippen LogP contribution in [0.3, 0.4) is 0 Å². The molecule has 18 nitrogen and oxygen atoms in total. The minimum atomic E-state index is -1.87. The Morgan fingerprint density at radius 1 is 0.569 bits per heavy atom. The average Bonchev–Trinajstić information content (AvgIpc) is 4.03. The van der Waals surface area contributed by atoms with Crippen molar-refractivity contribution in [3.63, 3.8) is 0 Å². The van der Waals surface area contributed by atoms with E-state index >= 15 is 0 Å². The number of benzene rings is 2. The fraction of sp³-hybridized carbons (Fsp3) is 0.648. The third-order valence-corrected chi connectivity index (χ3v) is 14.0. The van der Waals surface area contributed by atoms with E-state index < -0.39 is 71.0 Å². The normalized spacial score (nSPS) is 19.0. The Kier molecular flexibility index (Phi) is 22.2. The summed E-state index contributed by atoms with van der Waals surface area (Å²) in [5.74, 6) is -2.73. The van der Waals surface area contributed by atoms with Gasteiger partial charge >= 0.3 is 0 Å². The molecule has 2 aliphatic heterocycles. The molecule has 0 saturated carbocycles. The number of carbonyl (C=O) groups is 7. The van der Waals surface area contributed by atoms with Gasteiger partial charge in [0.05, 0.1) is 18.1 Å². The molecule has 18 heteroatoms. The Hall–Kier alpha value is -5.43. The topological polar surface area (TPSA) is 225 Å². The number of nitrogens with one attached hydrogen (secondary N) is 6. The molecule has 2 fully saturated rings. The second-order valence-corrected chi connectivity index (χ2v) is 21.9. The first kappa shape index (κ1) is 59.1. The minimum Gasteiger partial charge on any atom is -0.370 e. The molecule has 1 unspecified atom stereocenters. The number of likely N-dealkylation sites (tertiary alicyclic amines) is 2. The number of amides is 7. The summed E-state index contributed by atoms with van der Waals surface area (Å²) < 4.78 is 0. The highest BCUT2D eigenvalue weighted by Gasteiger charge is 2.43. The van der Waals surface area contributed by atoms with Crippen molar-refractivity contribution in [1.29, 1.82) is 0 Å². The number of hydrogen-bond acceptors (Lipinski definition) is 11. The SMILES string of the molecule is CN[C@@H](C)C(=O)N[C@H](C(=O)N1CCC[C@H]1CN(CCc1ccccc1)C(=O)[C@@H](C)NC(=O)C(O)N[C@H](C)C(=O)N(CCc1ccccc1)C[C@@H]1CCCN1C(=O)[C@@H](NC(=O)[C@H](C)NC)C(C)(C)C)C(C)(C)C. The predicted octanol–water partition coefficient (Wildman–Crippen LogP) is 2.19. The molecule has 7 N–H and O–H groups in total. The molecule has 2 aromatic carbocycles. The third-order valence-electron chi connectivity index (χ3n) is 14.0. The number of carbonyl (C=O) groups excluding carboxylic acids is 7. The van der Waals surface area contributed by atoms with E-state index in [-0.39, 0.29) is 55.3 Å². The molecule has 2 heterocycles. The van der Waals surface area contributed by atoms with Gasteiger partial charge in [-0.1, -0.05) is 102 Å². The molecule has 2 aliphatic rings. The second-order valence-electron chi connectivity index (χ2n) is 21.9. The largest absolute Gasteiger partial charge is 0.370 e. The summed E-state index contributed by atoms with van der Waals surface area (Å²) in [7, 11) is 3.36. The van der Waals surface area contributed by atoms with Crippen LogP contribution in [0.1, 0.15) is 106 Å². The standard InChI is InChI=1S/C54H86N10O8/c1-35(55-11)45(65)59-43(53(5,6)7)51(71)63-29-19-25-41(63)33-61(31-27-39-21-15-13-16-22-39)49(69)37(3)57-47(67)48(68)58-38(4)50(70)62(32-28-40-23-17-14-18-24-40)34-42-26-20-30-64(42)52(72)44(54(8,9)10)60-46(66)36(2)56-12/h13-18,21-24,35-38,41-44,47,55-57,67H,19-20,25-34H2,1-12H3,(H,58,68)(H,59,65)(H,60,66)/t35-,36-,37+,38+,41-,42-,43+,44+,47?/m0/s1. The van der Waals surface area contributed by atoms with E-state index in [0.29, 0.717) is 58.2 Å². The Labute approximate surface area is 428 Å². The van der Waals surface area contributed by atoms with E-state index in [1.807, 2.05) is 102 Å². The summed E-state index contributed by atoms with van der Waals surface area (Å²) in [5.41, 5.74) is 0.798. The fourth-order valence-corrected chi connectivity index (χ4v) is 9.25. The fourth-order valence-electron chi connectivity index (χ4n) is 9.25. The van der Waals surface area contributed by atoms with Gasteiger partial charge in [0, 0.05) is 51.4 Å². The van der Waals surface area contributed by atoms with Crippen molar-refractivity contribution < 1.29 is 38.7 Å². The van der Waals surface area contributed by atoms with E-state index in [2.05, 4.69) is 31.9 Å². The Morgan fingerprint density at radius 2 is 0.944 bits per heavy atom. The number of aliphatic hydroxyl groups excluding tert-OH is 1. The van der Waals surface area contributed by atoms with Crippen molar-refractivity contribution in [2.75, 3.05) is 53.4 Å². The first-order valence-electron chi connectivity index (χ1n) is 25.8. The van der Waals surface area contributed by atoms with Gasteiger partial charge in [0.15, 0.2) is 6.23 Å². The molecule has 4 rings (SSSR count). The van der Waals surface area contributed by atoms with Crippen LogP contribution in [0.4, 0.5) is 0 Å². The lowest BCUT2D eigenvalue weighted by molar-refractivity contribution is -0.144. The van der Waals surface area contributed by atoms with Gasteiger partial charge in [0.1, 0.15) is 18.1 Å². The summed E-state index contributed by atoms with van der Waals surface area (Å²) in [6, 6.07) is 13.9. The number of rotatable bonds is 24. The molecule has 72 heavy (non-hydrogen) atoms. The molecule has 9 atom stereocenters. The smallest absolute Gasteiger partial charge is 0.264 e. The molecule has 0 aromatic heterocycles. The molecule has 7 amide bonds. The van der Waals surface area contributed by atoms with E-state index in [0.717, 1.165) is 11.1 Å². The number of likely N-dealkylation sites (N-methyl/N-ethyl adjacent to an activating group) is 2. The molecule has 0 spiro atoms. The summed E-state index contributed by atoms with van der Waals surface area (Å²) in [6.45, 7) is 19.9. The Balaban J connectivity index is 1.49. The number of aliphatic hydroxyl groups is 1. The zero-order valence-electron chi connectivity index (χ0n) is 45.0. The molecular weight excluding hydrogens is 917 g/mol. The van der Waals surface area contributed by atoms with Gasteiger partial charge in [-0.2, -0.15) is 0 Å². The Bertz CT molecular complexity index is 2110. The highest BCUT2D eigenvalue weighted by Crippen LogP contribution is 2.28. The zero-order chi connectivity index (χ0) is 53.5. The van der Waals surface area contributed by atoms with Crippen molar-refractivity contribution in [1.82, 2.24) is 51.5 Å². The van der Waals surface area contributed by atoms with Crippen LogP contribution >= 0.6 is 0 Å². The van der Waals surface area contributed by atoms with E-state index in [1.54, 1.807) is 61.4 Å². The zero-order valence-corrected chi connectivity index (χ0v) is 45.0. The molecule has 2 saturated heterocycles. The first-order chi connectivity index (χ1) is 33.9. The van der Waals surface area contributed by atoms with Crippen LogP contribution in [0.25, 0.3) is 0 Å². The van der Waals surface area contributed by atoms with Crippen molar-refractivity contribution >= 4 is 41.4 Å². The summed E-state index contributed by atoms with van der Waals surface area (Å²) in [4.78, 5) is 104. The van der Waals surface area contributed by atoms with E-state index in [9.17, 15) is 38.7 Å². The predicted molar refractivity (Wildman–Crippen MR) is 279 cm³/mol.